The zero-order valence-corrected chi connectivity index (χ0v) is 12.3. The van der Waals surface area contributed by atoms with Crippen LogP contribution in [0.4, 0.5) is 0 Å². The minimum absolute atomic E-state index is 0.0166. The number of rotatable bonds is 3. The Balaban J connectivity index is 2.07. The Morgan fingerprint density at radius 3 is 2.41 bits per heavy atom. The second-order valence-electron chi connectivity index (χ2n) is 4.71. The van der Waals surface area contributed by atoms with Gasteiger partial charge < -0.3 is 18.9 Å². The lowest BCUT2D eigenvalue weighted by molar-refractivity contribution is -0.187. The van der Waals surface area contributed by atoms with Crippen molar-refractivity contribution in [1.82, 2.24) is 0 Å². The van der Waals surface area contributed by atoms with E-state index in [0.29, 0.717) is 0 Å². The number of carbonyl (C=O) groups excluding carboxylic acids is 1. The molecule has 0 aromatic heterocycles. The molecule has 0 aliphatic carbocycles. The molecule has 0 aromatic carbocycles. The third kappa shape index (κ3) is 2.74. The minimum Gasteiger partial charge on any atom is -0.469 e. The lowest BCUT2D eigenvalue weighted by Crippen LogP contribution is -2.31. The highest BCUT2D eigenvalue weighted by Gasteiger charge is 2.55. The summed E-state index contributed by atoms with van der Waals surface area (Å²) in [7, 11) is 1.38. The summed E-state index contributed by atoms with van der Waals surface area (Å²) in [6.45, 7) is 3.76. The number of ether oxygens (including phenoxy) is 4. The van der Waals surface area contributed by atoms with Crippen molar-refractivity contribution < 1.29 is 23.7 Å². The molecular weight excluding hydrogens is 339 g/mol. The van der Waals surface area contributed by atoms with Gasteiger partial charge in [-0.05, 0) is 13.8 Å². The maximum absolute atomic E-state index is 11.3. The van der Waals surface area contributed by atoms with Gasteiger partial charge in [0.2, 0.25) is 0 Å². The molecule has 98 valence electrons. The first-order valence-corrected chi connectivity index (χ1v) is 7.13. The van der Waals surface area contributed by atoms with E-state index < -0.39 is 5.79 Å². The number of hydrogen-bond acceptors (Lipinski definition) is 5. The molecule has 2 rings (SSSR count). The summed E-state index contributed by atoms with van der Waals surface area (Å²) in [6, 6.07) is 0. The monoisotopic (exact) mass is 356 g/mol. The van der Waals surface area contributed by atoms with E-state index in [1.807, 2.05) is 13.8 Å². The molecule has 6 heteroatoms. The van der Waals surface area contributed by atoms with Crippen LogP contribution in [-0.4, -0.2) is 47.7 Å². The van der Waals surface area contributed by atoms with Crippen LogP contribution in [0.25, 0.3) is 0 Å². The van der Waals surface area contributed by atoms with Crippen molar-refractivity contribution in [1.29, 1.82) is 0 Å². The predicted octanol–water partition coefficient (Wildman–Crippen LogP) is 1.27. The van der Waals surface area contributed by atoms with Gasteiger partial charge in [0.05, 0.1) is 25.7 Å². The molecule has 5 nitrogen and oxygen atoms in total. The van der Waals surface area contributed by atoms with Gasteiger partial charge in [0.15, 0.2) is 5.79 Å². The number of fused-ring (bicyclic) bond motifs is 1. The maximum atomic E-state index is 11.3. The minimum atomic E-state index is -0.600. The highest BCUT2D eigenvalue weighted by molar-refractivity contribution is 14.1. The van der Waals surface area contributed by atoms with Gasteiger partial charge in [-0.15, -0.1) is 0 Å². The molecule has 4 atom stereocenters. The summed E-state index contributed by atoms with van der Waals surface area (Å²) in [5, 5.41) is 0. The van der Waals surface area contributed by atoms with Crippen LogP contribution >= 0.6 is 22.6 Å². The molecule has 0 spiro atoms. The number of esters is 1. The van der Waals surface area contributed by atoms with Crippen LogP contribution in [0.5, 0.6) is 0 Å². The molecule has 0 aromatic rings. The van der Waals surface area contributed by atoms with Crippen molar-refractivity contribution >= 4 is 28.6 Å². The van der Waals surface area contributed by atoms with Crippen molar-refractivity contribution in [3.63, 3.8) is 0 Å². The van der Waals surface area contributed by atoms with Crippen LogP contribution in [-0.2, 0) is 23.7 Å². The fourth-order valence-electron chi connectivity index (χ4n) is 2.31. The first-order valence-electron chi connectivity index (χ1n) is 5.60. The van der Waals surface area contributed by atoms with E-state index in [2.05, 4.69) is 27.3 Å². The van der Waals surface area contributed by atoms with Crippen molar-refractivity contribution in [2.75, 3.05) is 11.5 Å². The lowest BCUT2D eigenvalue weighted by Gasteiger charge is -2.23. The first kappa shape index (κ1) is 13.5. The summed E-state index contributed by atoms with van der Waals surface area (Å²) in [5.74, 6) is -0.881. The maximum Gasteiger partial charge on any atom is 0.308 e. The lowest BCUT2D eigenvalue weighted by atomic mass is 10.1. The molecule has 17 heavy (non-hydrogen) atoms. The highest BCUT2D eigenvalue weighted by Crippen LogP contribution is 2.40. The van der Waals surface area contributed by atoms with E-state index in [1.54, 1.807) is 0 Å². The molecule has 0 amide bonds. The van der Waals surface area contributed by atoms with Crippen LogP contribution in [0.2, 0.25) is 0 Å². The molecule has 2 heterocycles. The Morgan fingerprint density at radius 2 is 1.88 bits per heavy atom. The first-order chi connectivity index (χ1) is 7.96. The fourth-order valence-corrected chi connectivity index (χ4v) is 3.02. The Hall–Kier alpha value is 0.0800. The van der Waals surface area contributed by atoms with E-state index in [0.717, 1.165) is 4.43 Å². The normalized spacial score (nSPS) is 39.1. The molecular formula is C11H17IO5. The summed E-state index contributed by atoms with van der Waals surface area (Å²) in [4.78, 5) is 11.3. The molecule has 0 unspecified atom stereocenters. The van der Waals surface area contributed by atoms with Gasteiger partial charge in [-0.25, -0.2) is 0 Å². The van der Waals surface area contributed by atoms with E-state index in [1.165, 1.54) is 7.11 Å². The molecule has 2 aliphatic heterocycles. The SMILES string of the molecule is COC(=O)C[C@H]1O[C@@H](CI)[C@H]2OC(C)(C)O[C@H]21. The van der Waals surface area contributed by atoms with Crippen LogP contribution in [0.15, 0.2) is 0 Å². The molecule has 2 fully saturated rings. The number of methoxy groups -OCH3 is 1. The number of carbonyl (C=O) groups is 1. The van der Waals surface area contributed by atoms with Gasteiger partial charge in [-0.3, -0.25) is 4.79 Å². The van der Waals surface area contributed by atoms with Gasteiger partial charge in [-0.2, -0.15) is 0 Å². The fraction of sp³-hybridized carbons (Fsp3) is 0.909. The van der Waals surface area contributed by atoms with Crippen molar-refractivity contribution in [2.24, 2.45) is 0 Å². The van der Waals surface area contributed by atoms with Gasteiger partial charge in [0, 0.05) is 4.43 Å². The quantitative estimate of drug-likeness (QED) is 0.433. The third-order valence-electron chi connectivity index (χ3n) is 2.99. The third-order valence-corrected chi connectivity index (χ3v) is 3.86. The number of halogens is 1. The van der Waals surface area contributed by atoms with E-state index in [9.17, 15) is 4.79 Å². The summed E-state index contributed by atoms with van der Waals surface area (Å²) in [5.41, 5.74) is 0. The topological polar surface area (TPSA) is 54.0 Å². The Morgan fingerprint density at radius 1 is 1.29 bits per heavy atom. The summed E-state index contributed by atoms with van der Waals surface area (Å²) < 4.78 is 22.9. The largest absolute Gasteiger partial charge is 0.469 e. The Labute approximate surface area is 114 Å². The molecule has 0 saturated carbocycles. The van der Waals surface area contributed by atoms with Gasteiger partial charge in [0.25, 0.3) is 0 Å². The van der Waals surface area contributed by atoms with Crippen LogP contribution in [0, 0.1) is 0 Å². The Bertz CT molecular complexity index is 306. The molecule has 0 radical (unpaired) electrons. The molecule has 2 aliphatic rings. The van der Waals surface area contributed by atoms with E-state index in [4.69, 9.17) is 14.2 Å². The number of alkyl halides is 1. The van der Waals surface area contributed by atoms with E-state index >= 15 is 0 Å². The van der Waals surface area contributed by atoms with Crippen molar-refractivity contribution in [2.45, 2.75) is 50.5 Å². The van der Waals surface area contributed by atoms with E-state index in [-0.39, 0.29) is 36.8 Å². The Kier molecular flexibility index (Phi) is 3.96. The number of hydrogen-bond donors (Lipinski definition) is 0. The van der Waals surface area contributed by atoms with Crippen LogP contribution in [0.3, 0.4) is 0 Å². The summed E-state index contributed by atoms with van der Waals surface area (Å²) >= 11 is 2.25. The highest BCUT2D eigenvalue weighted by atomic mass is 127. The van der Waals surface area contributed by atoms with Crippen molar-refractivity contribution in [3.8, 4) is 0 Å². The zero-order chi connectivity index (χ0) is 12.6. The van der Waals surface area contributed by atoms with Crippen molar-refractivity contribution in [3.05, 3.63) is 0 Å². The molecule has 0 bridgehead atoms. The average Bonchev–Trinajstić information content (AvgIpc) is 2.73. The van der Waals surface area contributed by atoms with Crippen LogP contribution in [0.1, 0.15) is 20.3 Å². The predicted molar refractivity (Wildman–Crippen MR) is 68.0 cm³/mol. The standard InChI is InChI=1S/C11H17IO5/c1-11(2)16-9-6(4-8(13)14-3)15-7(5-12)10(9)17-11/h6-7,9-10H,4-5H2,1-3H3/t6-,7+,9+,10-/m1/s1. The smallest absolute Gasteiger partial charge is 0.308 e. The summed E-state index contributed by atoms with van der Waals surface area (Å²) in [6.07, 6.45) is -0.337. The molecule has 2 saturated heterocycles. The second kappa shape index (κ2) is 4.99. The van der Waals surface area contributed by atoms with Crippen LogP contribution < -0.4 is 0 Å². The van der Waals surface area contributed by atoms with Gasteiger partial charge in [0.1, 0.15) is 12.2 Å². The average molecular weight is 356 g/mol. The molecule has 0 N–H and O–H groups in total. The van der Waals surface area contributed by atoms with Gasteiger partial charge >= 0.3 is 5.97 Å². The zero-order valence-electron chi connectivity index (χ0n) is 10.1. The second-order valence-corrected chi connectivity index (χ2v) is 5.59. The van der Waals surface area contributed by atoms with Gasteiger partial charge in [-0.1, -0.05) is 22.6 Å².